The van der Waals surface area contributed by atoms with E-state index in [1.165, 1.54) is 12.8 Å². The van der Waals surface area contributed by atoms with Gasteiger partial charge in [0.1, 0.15) is 5.51 Å². The van der Waals surface area contributed by atoms with E-state index in [0.717, 1.165) is 11.7 Å². The summed E-state index contributed by atoms with van der Waals surface area (Å²) in [4.78, 5) is 0. The number of hydrogen-bond acceptors (Lipinski definition) is 5. The number of fused-ring (bicyclic) bond motifs is 1. The highest BCUT2D eigenvalue weighted by Gasteiger charge is 2.58. The molecule has 1 aromatic heterocycles. The summed E-state index contributed by atoms with van der Waals surface area (Å²) in [5.74, 6) is 0.646. The van der Waals surface area contributed by atoms with E-state index >= 15 is 0 Å². The fraction of sp³-hybridized carbons (Fsp3) is 0.818. The summed E-state index contributed by atoms with van der Waals surface area (Å²) in [7, 11) is 0. The van der Waals surface area contributed by atoms with Crippen molar-refractivity contribution in [2.45, 2.75) is 38.8 Å². The minimum atomic E-state index is 0.205. The summed E-state index contributed by atoms with van der Waals surface area (Å²) < 4.78 is 5.87. The zero-order chi connectivity index (χ0) is 11.2. The monoisotopic (exact) mass is 239 g/mol. The Bertz CT molecular complexity index is 365. The highest BCUT2D eigenvalue weighted by molar-refractivity contribution is 7.13. The summed E-state index contributed by atoms with van der Waals surface area (Å²) in [5.41, 5.74) is 1.97. The molecular formula is C11H17N3OS. The molecule has 2 heterocycles. The predicted molar refractivity (Wildman–Crippen MR) is 63.6 cm³/mol. The number of anilines is 1. The van der Waals surface area contributed by atoms with Crippen molar-refractivity contribution in [1.29, 1.82) is 0 Å². The van der Waals surface area contributed by atoms with Gasteiger partial charge in [-0.05, 0) is 12.8 Å². The summed E-state index contributed by atoms with van der Waals surface area (Å²) in [6.45, 7) is 5.48. The molecule has 1 aromatic rings. The van der Waals surface area contributed by atoms with Gasteiger partial charge >= 0.3 is 0 Å². The average molecular weight is 239 g/mol. The van der Waals surface area contributed by atoms with Crippen LogP contribution < -0.4 is 5.32 Å². The fourth-order valence-corrected chi connectivity index (χ4v) is 3.67. The maximum absolute atomic E-state index is 5.87. The van der Waals surface area contributed by atoms with Crippen LogP contribution in [0.5, 0.6) is 0 Å². The van der Waals surface area contributed by atoms with Crippen LogP contribution in [-0.4, -0.2) is 29.0 Å². The second-order valence-electron chi connectivity index (χ2n) is 5.28. The molecule has 3 atom stereocenters. The second-order valence-corrected chi connectivity index (χ2v) is 6.12. The Labute approximate surface area is 99.4 Å². The van der Waals surface area contributed by atoms with Gasteiger partial charge < -0.3 is 10.1 Å². The normalized spacial score (nSPS) is 36.2. The molecule has 2 fully saturated rings. The van der Waals surface area contributed by atoms with Gasteiger partial charge in [0.25, 0.3) is 0 Å². The van der Waals surface area contributed by atoms with Crippen LogP contribution in [0.25, 0.3) is 0 Å². The van der Waals surface area contributed by atoms with E-state index in [9.17, 15) is 0 Å². The topological polar surface area (TPSA) is 47.0 Å². The zero-order valence-electron chi connectivity index (χ0n) is 9.64. The third-order valence-electron chi connectivity index (χ3n) is 3.97. The Morgan fingerprint density at radius 2 is 2.44 bits per heavy atom. The van der Waals surface area contributed by atoms with Crippen molar-refractivity contribution in [2.24, 2.45) is 11.3 Å². The predicted octanol–water partition coefficient (Wildman–Crippen LogP) is 2.15. The van der Waals surface area contributed by atoms with Crippen LogP contribution >= 0.6 is 11.3 Å². The lowest BCUT2D eigenvalue weighted by molar-refractivity contribution is -0.177. The van der Waals surface area contributed by atoms with Gasteiger partial charge in [0, 0.05) is 24.0 Å². The van der Waals surface area contributed by atoms with Gasteiger partial charge in [-0.25, -0.2) is 0 Å². The minimum absolute atomic E-state index is 0.205. The van der Waals surface area contributed by atoms with Crippen molar-refractivity contribution in [2.75, 3.05) is 11.9 Å². The molecule has 16 heavy (non-hydrogen) atoms. The van der Waals surface area contributed by atoms with E-state index in [4.69, 9.17) is 4.74 Å². The lowest BCUT2D eigenvalue weighted by Crippen LogP contribution is -2.67. The summed E-state index contributed by atoms with van der Waals surface area (Å²) in [6.07, 6.45) is 2.88. The molecule has 0 bridgehead atoms. The molecule has 1 N–H and O–H groups in total. The SMILES string of the molecule is CC1(C)C(Nc2nncs2)C2CCCOC21. The van der Waals surface area contributed by atoms with Crippen LogP contribution in [0.4, 0.5) is 5.13 Å². The quantitative estimate of drug-likeness (QED) is 0.859. The van der Waals surface area contributed by atoms with E-state index in [1.807, 2.05) is 0 Å². The van der Waals surface area contributed by atoms with Crippen molar-refractivity contribution in [3.05, 3.63) is 5.51 Å². The van der Waals surface area contributed by atoms with Crippen molar-refractivity contribution < 1.29 is 4.74 Å². The minimum Gasteiger partial charge on any atom is -0.377 e. The Kier molecular flexibility index (Phi) is 2.40. The first-order valence-corrected chi connectivity index (χ1v) is 6.72. The molecule has 1 aliphatic heterocycles. The van der Waals surface area contributed by atoms with Crippen molar-refractivity contribution >= 4 is 16.5 Å². The molecule has 3 unspecified atom stereocenters. The number of nitrogens with zero attached hydrogens (tertiary/aromatic N) is 2. The number of hydrogen-bond donors (Lipinski definition) is 1. The largest absolute Gasteiger partial charge is 0.377 e. The van der Waals surface area contributed by atoms with Crippen LogP contribution in [0.2, 0.25) is 0 Å². The van der Waals surface area contributed by atoms with Crippen LogP contribution in [0, 0.1) is 11.3 Å². The van der Waals surface area contributed by atoms with Gasteiger partial charge in [-0.15, -0.1) is 10.2 Å². The standard InChI is InChI=1S/C11H17N3OS/c1-11(2)8(13-10-14-12-6-16-10)7-4-3-5-15-9(7)11/h6-9H,3-5H2,1-2H3,(H,13,14). The molecule has 5 heteroatoms. The van der Waals surface area contributed by atoms with E-state index in [1.54, 1.807) is 16.8 Å². The molecule has 0 aromatic carbocycles. The van der Waals surface area contributed by atoms with Gasteiger partial charge in [-0.2, -0.15) is 0 Å². The summed E-state index contributed by atoms with van der Waals surface area (Å²) in [5, 5.41) is 12.4. The third kappa shape index (κ3) is 1.45. The maximum Gasteiger partial charge on any atom is 0.205 e. The van der Waals surface area contributed by atoms with Crippen LogP contribution in [0.3, 0.4) is 0 Å². The van der Waals surface area contributed by atoms with Crippen LogP contribution in [-0.2, 0) is 4.74 Å². The van der Waals surface area contributed by atoms with Crippen LogP contribution in [0.15, 0.2) is 5.51 Å². The molecule has 1 aliphatic carbocycles. The maximum atomic E-state index is 5.87. The highest BCUT2D eigenvalue weighted by atomic mass is 32.1. The Morgan fingerprint density at radius 3 is 3.19 bits per heavy atom. The van der Waals surface area contributed by atoms with Crippen molar-refractivity contribution in [1.82, 2.24) is 10.2 Å². The molecule has 3 rings (SSSR count). The van der Waals surface area contributed by atoms with E-state index in [0.29, 0.717) is 18.1 Å². The number of nitrogens with one attached hydrogen (secondary N) is 1. The molecule has 2 aliphatic rings. The third-order valence-corrected chi connectivity index (χ3v) is 4.59. The molecular weight excluding hydrogens is 222 g/mol. The first-order valence-electron chi connectivity index (χ1n) is 5.84. The number of aromatic nitrogens is 2. The molecule has 4 nitrogen and oxygen atoms in total. The van der Waals surface area contributed by atoms with Gasteiger partial charge in [0.2, 0.25) is 5.13 Å². The molecule has 0 radical (unpaired) electrons. The first kappa shape index (κ1) is 10.5. The second kappa shape index (κ2) is 3.67. The lowest BCUT2D eigenvalue weighted by atomic mass is 9.55. The molecule has 88 valence electrons. The van der Waals surface area contributed by atoms with Gasteiger partial charge in [0.15, 0.2) is 0 Å². The first-order chi connectivity index (χ1) is 7.69. The molecule has 0 spiro atoms. The highest BCUT2D eigenvalue weighted by Crippen LogP contribution is 2.52. The fourth-order valence-electron chi connectivity index (χ4n) is 3.18. The van der Waals surface area contributed by atoms with Gasteiger partial charge in [-0.3, -0.25) is 0 Å². The van der Waals surface area contributed by atoms with E-state index in [-0.39, 0.29) is 5.41 Å². The Hall–Kier alpha value is -0.680. The Morgan fingerprint density at radius 1 is 1.56 bits per heavy atom. The summed E-state index contributed by atoms with van der Waals surface area (Å²) >= 11 is 1.57. The zero-order valence-corrected chi connectivity index (χ0v) is 10.5. The van der Waals surface area contributed by atoms with Crippen molar-refractivity contribution in [3.8, 4) is 0 Å². The average Bonchev–Trinajstić information content (AvgIpc) is 2.79. The van der Waals surface area contributed by atoms with Gasteiger partial charge in [0.05, 0.1) is 6.10 Å². The van der Waals surface area contributed by atoms with E-state index in [2.05, 4.69) is 29.4 Å². The lowest BCUT2D eigenvalue weighted by Gasteiger charge is -2.59. The van der Waals surface area contributed by atoms with Crippen molar-refractivity contribution in [3.63, 3.8) is 0 Å². The van der Waals surface area contributed by atoms with Gasteiger partial charge in [-0.1, -0.05) is 25.2 Å². The summed E-state index contributed by atoms with van der Waals surface area (Å²) in [6, 6.07) is 0.478. The van der Waals surface area contributed by atoms with Crippen LogP contribution in [0.1, 0.15) is 26.7 Å². The Balaban J connectivity index is 1.75. The smallest absolute Gasteiger partial charge is 0.205 e. The number of rotatable bonds is 2. The molecule has 1 saturated heterocycles. The van der Waals surface area contributed by atoms with E-state index < -0.39 is 0 Å². The number of ether oxygens (including phenoxy) is 1. The molecule has 0 amide bonds. The molecule has 1 saturated carbocycles.